The normalized spacial score (nSPS) is 12.9. The van der Waals surface area contributed by atoms with Crippen LogP contribution in [-0.2, 0) is 14.6 Å². The lowest BCUT2D eigenvalue weighted by Crippen LogP contribution is -2.39. The molecule has 0 bridgehead atoms. The van der Waals surface area contributed by atoms with Crippen molar-refractivity contribution in [2.24, 2.45) is 11.8 Å². The van der Waals surface area contributed by atoms with E-state index in [2.05, 4.69) is 24.5 Å². The number of carbonyl (C=O) groups excluding carboxylic acids is 2. The van der Waals surface area contributed by atoms with Crippen LogP contribution in [0.5, 0.6) is 11.5 Å². The topological polar surface area (TPSA) is 122 Å². The zero-order chi connectivity index (χ0) is 31.9. The van der Waals surface area contributed by atoms with Crippen molar-refractivity contribution in [1.29, 1.82) is 0 Å². The minimum Gasteiger partial charge on any atom is -0.506 e. The van der Waals surface area contributed by atoms with E-state index >= 15 is 0 Å². The first-order valence-corrected chi connectivity index (χ1v) is 16.5. The molecule has 0 saturated carbocycles. The van der Waals surface area contributed by atoms with E-state index < -0.39 is 38.6 Å². The fourth-order valence-electron chi connectivity index (χ4n) is 4.34. The zero-order valence-electron chi connectivity index (χ0n) is 24.3. The molecule has 0 aliphatic rings. The second-order valence-electron chi connectivity index (χ2n) is 10.7. The zero-order valence-corrected chi connectivity index (χ0v) is 27.4. The number of hydrogen-bond acceptors (Lipinski definition) is 6. The van der Waals surface area contributed by atoms with Crippen molar-refractivity contribution >= 4 is 67.8 Å². The summed E-state index contributed by atoms with van der Waals surface area (Å²) in [5.41, 5.74) is 0.126. The summed E-state index contributed by atoms with van der Waals surface area (Å²) in [6.45, 7) is 8.01. The van der Waals surface area contributed by atoms with E-state index in [0.717, 1.165) is 25.3 Å². The Morgan fingerprint density at radius 3 is 2.16 bits per heavy atom. The molecule has 2 atom stereocenters. The molecule has 12 heteroatoms. The van der Waals surface area contributed by atoms with Crippen LogP contribution >= 0.6 is 34.8 Å². The summed E-state index contributed by atoms with van der Waals surface area (Å²) < 4.78 is 32.9. The number of phenolic OH excluding ortho intramolecular Hbond substituents is 1. The van der Waals surface area contributed by atoms with Gasteiger partial charge in [0.05, 0.1) is 37.9 Å². The molecule has 0 fully saturated rings. The van der Waals surface area contributed by atoms with Crippen molar-refractivity contribution in [3.05, 3.63) is 75.2 Å². The average molecular weight is 670 g/mol. The molecular weight excluding hydrogens is 635 g/mol. The van der Waals surface area contributed by atoms with E-state index in [-0.39, 0.29) is 36.9 Å². The molecule has 3 aromatic carbocycles. The molecule has 8 nitrogen and oxygen atoms in total. The number of carbonyl (C=O) groups is 2. The quantitative estimate of drug-likeness (QED) is 0.158. The van der Waals surface area contributed by atoms with Gasteiger partial charge in [0.1, 0.15) is 16.7 Å². The number of anilines is 2. The highest BCUT2D eigenvalue weighted by Crippen LogP contribution is 2.35. The number of benzene rings is 3. The Balaban J connectivity index is 1.75. The number of phenols is 1. The largest absolute Gasteiger partial charge is 0.506 e. The van der Waals surface area contributed by atoms with Gasteiger partial charge in [0, 0.05) is 11.6 Å². The summed E-state index contributed by atoms with van der Waals surface area (Å²) in [5.74, 6) is -1.50. The molecule has 0 aliphatic heterocycles. The Labute approximate surface area is 267 Å². The van der Waals surface area contributed by atoms with Gasteiger partial charge in [-0.3, -0.25) is 9.59 Å². The van der Waals surface area contributed by atoms with E-state index in [0.29, 0.717) is 18.3 Å². The molecule has 3 aromatic rings. The maximum Gasteiger partial charge on any atom is 0.255 e. The first-order valence-electron chi connectivity index (χ1n) is 13.8. The predicted molar refractivity (Wildman–Crippen MR) is 173 cm³/mol. The van der Waals surface area contributed by atoms with Gasteiger partial charge in [-0.15, -0.1) is 0 Å². The molecule has 0 aromatic heterocycles. The molecule has 0 spiro atoms. The number of sulfone groups is 1. The lowest BCUT2D eigenvalue weighted by Gasteiger charge is -2.22. The van der Waals surface area contributed by atoms with Gasteiger partial charge in [-0.25, -0.2) is 8.42 Å². The Morgan fingerprint density at radius 1 is 0.884 bits per heavy atom. The minimum atomic E-state index is -4.11. The minimum absolute atomic E-state index is 0.0259. The molecule has 2 amide bonds. The lowest BCUT2D eigenvalue weighted by atomic mass is 10.1. The van der Waals surface area contributed by atoms with E-state index in [9.17, 15) is 23.1 Å². The summed E-state index contributed by atoms with van der Waals surface area (Å²) in [4.78, 5) is 25.9. The standard InChI is InChI=1S/C31H35Cl3N2O6S/c1-5-6-7-19(4)17-42-21-9-11-22(12-10-21)43(40,41)29(18(2)3)31(39)35-26-16-28(37)27(15-25(26)34)36-30(38)20-8-13-23(32)24(33)14-20/h8-16,18-19,29,37H,5-7,17H2,1-4H3,(H,35,39)(H,36,38). The maximum atomic E-state index is 13.6. The molecule has 0 saturated heterocycles. The number of ether oxygens (including phenoxy) is 1. The first kappa shape index (κ1) is 34.5. The summed E-state index contributed by atoms with van der Waals surface area (Å²) >= 11 is 18.2. The fourth-order valence-corrected chi connectivity index (χ4v) is 6.72. The molecule has 232 valence electrons. The van der Waals surface area contributed by atoms with Crippen molar-refractivity contribution < 1.29 is 27.9 Å². The molecule has 0 aliphatic carbocycles. The van der Waals surface area contributed by atoms with Crippen LogP contribution in [0.25, 0.3) is 0 Å². The van der Waals surface area contributed by atoms with Crippen LogP contribution in [0.15, 0.2) is 59.5 Å². The van der Waals surface area contributed by atoms with Crippen LogP contribution in [0.2, 0.25) is 15.1 Å². The van der Waals surface area contributed by atoms with Crippen molar-refractivity contribution in [2.75, 3.05) is 17.2 Å². The third kappa shape index (κ3) is 9.01. The van der Waals surface area contributed by atoms with Gasteiger partial charge < -0.3 is 20.5 Å². The number of aromatic hydroxyl groups is 1. The van der Waals surface area contributed by atoms with Crippen molar-refractivity contribution in [3.63, 3.8) is 0 Å². The fraction of sp³-hybridized carbons (Fsp3) is 0.355. The number of amides is 2. The summed E-state index contributed by atoms with van der Waals surface area (Å²) in [5, 5.41) is 14.5. The highest BCUT2D eigenvalue weighted by Gasteiger charge is 2.37. The second-order valence-corrected chi connectivity index (χ2v) is 14.0. The Kier molecular flexibility index (Phi) is 12.2. The number of nitrogens with one attached hydrogen (secondary N) is 2. The van der Waals surface area contributed by atoms with Gasteiger partial charge in [-0.05, 0) is 66.8 Å². The van der Waals surface area contributed by atoms with Gasteiger partial charge in [0.2, 0.25) is 5.91 Å². The van der Waals surface area contributed by atoms with Gasteiger partial charge >= 0.3 is 0 Å². The van der Waals surface area contributed by atoms with E-state index in [1.165, 1.54) is 36.4 Å². The molecule has 0 radical (unpaired) electrons. The maximum absolute atomic E-state index is 13.6. The van der Waals surface area contributed by atoms with Crippen LogP contribution in [0.4, 0.5) is 11.4 Å². The smallest absolute Gasteiger partial charge is 0.255 e. The van der Waals surface area contributed by atoms with Crippen LogP contribution in [0.3, 0.4) is 0 Å². The first-order chi connectivity index (χ1) is 20.2. The molecule has 3 rings (SSSR count). The van der Waals surface area contributed by atoms with Gasteiger partial charge in [-0.1, -0.05) is 75.3 Å². The number of hydrogen-bond donors (Lipinski definition) is 3. The van der Waals surface area contributed by atoms with Crippen molar-refractivity contribution in [2.45, 2.75) is 57.1 Å². The summed E-state index contributed by atoms with van der Waals surface area (Å²) in [6.07, 6.45) is 3.28. The van der Waals surface area contributed by atoms with Crippen LogP contribution < -0.4 is 15.4 Å². The Morgan fingerprint density at radius 2 is 1.56 bits per heavy atom. The predicted octanol–water partition coefficient (Wildman–Crippen LogP) is 8.25. The number of halogens is 3. The van der Waals surface area contributed by atoms with Gasteiger partial charge in [-0.2, -0.15) is 0 Å². The third-order valence-electron chi connectivity index (χ3n) is 6.71. The molecule has 43 heavy (non-hydrogen) atoms. The SMILES string of the molecule is CCCCC(C)COc1ccc(S(=O)(=O)C(C(=O)Nc2cc(O)c(NC(=O)c3ccc(Cl)c(Cl)c3)cc2Cl)C(C)C)cc1. The monoisotopic (exact) mass is 668 g/mol. The Hall–Kier alpha value is -2.98. The lowest BCUT2D eigenvalue weighted by molar-refractivity contribution is -0.116. The summed E-state index contributed by atoms with van der Waals surface area (Å²) in [7, 11) is -4.11. The molecule has 3 N–H and O–H groups in total. The van der Waals surface area contributed by atoms with Gasteiger partial charge in [0.25, 0.3) is 5.91 Å². The Bertz CT molecular complexity index is 1560. The van der Waals surface area contributed by atoms with Crippen molar-refractivity contribution in [3.8, 4) is 11.5 Å². The number of rotatable bonds is 13. The van der Waals surface area contributed by atoms with Crippen LogP contribution in [0.1, 0.15) is 57.3 Å². The molecular formula is C31H35Cl3N2O6S. The molecule has 2 unspecified atom stereocenters. The average Bonchev–Trinajstić information content (AvgIpc) is 2.94. The van der Waals surface area contributed by atoms with Crippen LogP contribution in [0, 0.1) is 11.8 Å². The third-order valence-corrected chi connectivity index (χ3v) is 10.1. The van der Waals surface area contributed by atoms with Crippen molar-refractivity contribution in [1.82, 2.24) is 0 Å². The summed E-state index contributed by atoms with van der Waals surface area (Å²) in [6, 6.07) is 12.7. The molecule has 0 heterocycles. The van der Waals surface area contributed by atoms with Crippen LogP contribution in [-0.4, -0.2) is 37.2 Å². The number of unbranched alkanes of at least 4 members (excludes halogenated alkanes) is 1. The highest BCUT2D eigenvalue weighted by atomic mass is 35.5. The van der Waals surface area contributed by atoms with E-state index in [1.807, 2.05) is 0 Å². The highest BCUT2D eigenvalue weighted by molar-refractivity contribution is 7.92. The van der Waals surface area contributed by atoms with Gasteiger partial charge in [0.15, 0.2) is 9.84 Å². The van der Waals surface area contributed by atoms with E-state index in [1.54, 1.807) is 26.0 Å². The second kappa shape index (κ2) is 15.1. The van der Waals surface area contributed by atoms with E-state index in [4.69, 9.17) is 39.5 Å².